The van der Waals surface area contributed by atoms with E-state index in [9.17, 15) is 4.39 Å². The van der Waals surface area contributed by atoms with E-state index >= 15 is 0 Å². The number of nitrogens with zero attached hydrogens (tertiary/aromatic N) is 1. The normalized spacial score (nSPS) is 12.2. The number of halogens is 1. The SMILES string of the molecule is CCCNC(c1cc(C)ccc1OC)c1ncccc1F. The zero-order valence-electron chi connectivity index (χ0n) is 12.7. The first-order valence-electron chi connectivity index (χ1n) is 7.15. The Balaban J connectivity index is 2.50. The van der Waals surface area contributed by atoms with Gasteiger partial charge in [0.1, 0.15) is 11.6 Å². The smallest absolute Gasteiger partial charge is 0.146 e. The van der Waals surface area contributed by atoms with E-state index in [-0.39, 0.29) is 11.9 Å². The number of rotatable bonds is 6. The largest absolute Gasteiger partial charge is 0.496 e. The Morgan fingerprint density at radius 2 is 2.14 bits per heavy atom. The summed E-state index contributed by atoms with van der Waals surface area (Å²) in [4.78, 5) is 4.22. The minimum absolute atomic E-state index is 0.310. The molecule has 0 saturated heterocycles. The molecule has 0 saturated carbocycles. The van der Waals surface area contributed by atoms with E-state index in [1.165, 1.54) is 6.07 Å². The molecule has 2 aromatic rings. The van der Waals surface area contributed by atoms with E-state index in [4.69, 9.17) is 4.74 Å². The Kier molecular flexibility index (Phi) is 5.28. The monoisotopic (exact) mass is 288 g/mol. The Labute approximate surface area is 125 Å². The second-order valence-electron chi connectivity index (χ2n) is 5.00. The first kappa shape index (κ1) is 15.4. The highest BCUT2D eigenvalue weighted by Gasteiger charge is 2.22. The molecule has 1 atom stereocenters. The van der Waals surface area contributed by atoms with Gasteiger partial charge in [0.05, 0.1) is 18.8 Å². The van der Waals surface area contributed by atoms with Gasteiger partial charge in [0, 0.05) is 11.8 Å². The lowest BCUT2D eigenvalue weighted by atomic mass is 9.99. The maximum absolute atomic E-state index is 14.1. The highest BCUT2D eigenvalue weighted by atomic mass is 19.1. The average Bonchev–Trinajstić information content (AvgIpc) is 2.49. The maximum atomic E-state index is 14.1. The minimum atomic E-state index is -0.319. The van der Waals surface area contributed by atoms with E-state index in [0.29, 0.717) is 5.69 Å². The van der Waals surface area contributed by atoms with Gasteiger partial charge in [0.25, 0.3) is 0 Å². The lowest BCUT2D eigenvalue weighted by Crippen LogP contribution is -2.25. The van der Waals surface area contributed by atoms with Crippen LogP contribution >= 0.6 is 0 Å². The van der Waals surface area contributed by atoms with Crippen molar-refractivity contribution in [2.75, 3.05) is 13.7 Å². The fourth-order valence-electron chi connectivity index (χ4n) is 2.33. The van der Waals surface area contributed by atoms with Gasteiger partial charge in [-0.25, -0.2) is 4.39 Å². The minimum Gasteiger partial charge on any atom is -0.496 e. The molecule has 1 heterocycles. The summed E-state index contributed by atoms with van der Waals surface area (Å²) in [5.74, 6) is 0.425. The van der Waals surface area contributed by atoms with Crippen molar-refractivity contribution in [3.05, 3.63) is 59.2 Å². The molecule has 1 aromatic carbocycles. The summed E-state index contributed by atoms with van der Waals surface area (Å²) in [7, 11) is 1.62. The third-order valence-electron chi connectivity index (χ3n) is 3.36. The number of nitrogens with one attached hydrogen (secondary N) is 1. The highest BCUT2D eigenvalue weighted by Crippen LogP contribution is 2.31. The van der Waals surface area contributed by atoms with E-state index < -0.39 is 0 Å². The third-order valence-corrected chi connectivity index (χ3v) is 3.36. The molecule has 1 aromatic heterocycles. The lowest BCUT2D eigenvalue weighted by molar-refractivity contribution is 0.401. The molecule has 112 valence electrons. The van der Waals surface area contributed by atoms with Gasteiger partial charge in [-0.2, -0.15) is 0 Å². The van der Waals surface area contributed by atoms with Gasteiger partial charge >= 0.3 is 0 Å². The fourth-order valence-corrected chi connectivity index (χ4v) is 2.33. The van der Waals surface area contributed by atoms with Crippen LogP contribution in [0.5, 0.6) is 5.75 Å². The van der Waals surface area contributed by atoms with Crippen LogP contribution in [0, 0.1) is 12.7 Å². The molecule has 1 N–H and O–H groups in total. The summed E-state index contributed by atoms with van der Waals surface area (Å²) in [6, 6.07) is 8.62. The summed E-state index contributed by atoms with van der Waals surface area (Å²) in [6.07, 6.45) is 2.57. The molecule has 0 amide bonds. The molecular weight excluding hydrogens is 267 g/mol. The van der Waals surface area contributed by atoms with Gasteiger partial charge in [-0.3, -0.25) is 4.98 Å². The predicted octanol–water partition coefficient (Wildman–Crippen LogP) is 3.63. The number of pyridine rings is 1. The van der Waals surface area contributed by atoms with Crippen LogP contribution < -0.4 is 10.1 Å². The summed E-state index contributed by atoms with van der Waals surface area (Å²) in [5.41, 5.74) is 2.41. The number of hydrogen-bond donors (Lipinski definition) is 1. The number of benzene rings is 1. The van der Waals surface area contributed by atoms with Gasteiger partial charge in [0.2, 0.25) is 0 Å². The molecule has 0 aliphatic heterocycles. The van der Waals surface area contributed by atoms with Gasteiger partial charge < -0.3 is 10.1 Å². The van der Waals surface area contributed by atoms with Gasteiger partial charge in [-0.1, -0.05) is 24.6 Å². The zero-order chi connectivity index (χ0) is 15.2. The van der Waals surface area contributed by atoms with Gasteiger partial charge in [0.15, 0.2) is 0 Å². The van der Waals surface area contributed by atoms with Crippen molar-refractivity contribution in [1.82, 2.24) is 10.3 Å². The number of hydrogen-bond acceptors (Lipinski definition) is 3. The molecule has 0 fully saturated rings. The van der Waals surface area contributed by atoms with Crippen molar-refractivity contribution in [2.45, 2.75) is 26.3 Å². The van der Waals surface area contributed by atoms with Gasteiger partial charge in [-0.05, 0) is 38.1 Å². The van der Waals surface area contributed by atoms with Crippen LogP contribution in [0.2, 0.25) is 0 Å². The average molecular weight is 288 g/mol. The van der Waals surface area contributed by atoms with Crippen molar-refractivity contribution >= 4 is 0 Å². The molecule has 0 radical (unpaired) electrons. The molecule has 3 nitrogen and oxygen atoms in total. The van der Waals surface area contributed by atoms with E-state index in [1.54, 1.807) is 19.4 Å². The van der Waals surface area contributed by atoms with Crippen LogP contribution in [-0.4, -0.2) is 18.6 Å². The van der Waals surface area contributed by atoms with E-state index in [1.807, 2.05) is 25.1 Å². The van der Waals surface area contributed by atoms with Crippen LogP contribution in [0.25, 0.3) is 0 Å². The van der Waals surface area contributed by atoms with Crippen LogP contribution in [0.15, 0.2) is 36.5 Å². The number of aromatic nitrogens is 1. The fraction of sp³-hybridized carbons (Fsp3) is 0.353. The molecule has 21 heavy (non-hydrogen) atoms. The molecule has 1 unspecified atom stereocenters. The van der Waals surface area contributed by atoms with Crippen LogP contribution in [0.4, 0.5) is 4.39 Å². The number of ether oxygens (including phenoxy) is 1. The molecule has 0 spiro atoms. The summed E-state index contributed by atoms with van der Waals surface area (Å²) < 4.78 is 19.6. The van der Waals surface area contributed by atoms with Crippen molar-refractivity contribution in [2.24, 2.45) is 0 Å². The first-order chi connectivity index (χ1) is 10.2. The Bertz CT molecular complexity index is 601. The molecule has 0 aliphatic carbocycles. The second kappa shape index (κ2) is 7.18. The third kappa shape index (κ3) is 3.58. The maximum Gasteiger partial charge on any atom is 0.146 e. The van der Waals surface area contributed by atoms with Crippen LogP contribution in [0.1, 0.15) is 36.2 Å². The summed E-state index contributed by atoms with van der Waals surface area (Å²) in [6.45, 7) is 4.86. The molecule has 4 heteroatoms. The highest BCUT2D eigenvalue weighted by molar-refractivity contribution is 5.42. The summed E-state index contributed by atoms with van der Waals surface area (Å²) in [5, 5.41) is 3.36. The standard InChI is InChI=1S/C17H21FN2O/c1-4-9-19-16(17-14(18)6-5-10-20-17)13-11-12(2)7-8-15(13)21-3/h5-8,10-11,16,19H,4,9H2,1-3H3. The predicted molar refractivity (Wildman–Crippen MR) is 82.1 cm³/mol. The van der Waals surface area contributed by atoms with Crippen molar-refractivity contribution in [1.29, 1.82) is 0 Å². The van der Waals surface area contributed by atoms with Crippen molar-refractivity contribution < 1.29 is 9.13 Å². The zero-order valence-corrected chi connectivity index (χ0v) is 12.7. The van der Waals surface area contributed by atoms with Crippen LogP contribution in [0.3, 0.4) is 0 Å². The second-order valence-corrected chi connectivity index (χ2v) is 5.00. The van der Waals surface area contributed by atoms with Crippen molar-refractivity contribution in [3.8, 4) is 5.75 Å². The molecular formula is C17H21FN2O. The van der Waals surface area contributed by atoms with E-state index in [0.717, 1.165) is 29.8 Å². The summed E-state index contributed by atoms with van der Waals surface area (Å²) >= 11 is 0. The first-order valence-corrected chi connectivity index (χ1v) is 7.15. The Hall–Kier alpha value is -1.94. The van der Waals surface area contributed by atoms with E-state index in [2.05, 4.69) is 17.2 Å². The molecule has 0 aliphatic rings. The number of aryl methyl sites for hydroxylation is 1. The van der Waals surface area contributed by atoms with Crippen LogP contribution in [-0.2, 0) is 0 Å². The Morgan fingerprint density at radius 3 is 2.81 bits per heavy atom. The quantitative estimate of drug-likeness (QED) is 0.881. The van der Waals surface area contributed by atoms with Gasteiger partial charge in [-0.15, -0.1) is 0 Å². The Morgan fingerprint density at radius 1 is 1.33 bits per heavy atom. The topological polar surface area (TPSA) is 34.1 Å². The van der Waals surface area contributed by atoms with Crippen molar-refractivity contribution in [3.63, 3.8) is 0 Å². The molecule has 2 rings (SSSR count). The lowest BCUT2D eigenvalue weighted by Gasteiger charge is -2.21. The number of methoxy groups -OCH3 is 1. The molecule has 0 bridgehead atoms.